The SMILES string of the molecule is COc1cc2c(c(OC)c1OC)-c1ccc(NC(CC(C)C)C(=O)NC(C(=O)O)c3ccccc3)c(=O)cc1C(NC(C)=O)CC2. The molecule has 0 heterocycles. The average molecular weight is 632 g/mol. The first kappa shape index (κ1) is 33.8. The van der Waals surface area contributed by atoms with E-state index in [0.717, 1.165) is 5.56 Å². The van der Waals surface area contributed by atoms with Gasteiger partial charge in [0.15, 0.2) is 17.5 Å². The third-order valence-electron chi connectivity index (χ3n) is 7.94. The Balaban J connectivity index is 1.83. The van der Waals surface area contributed by atoms with Crippen LogP contribution in [0.15, 0.2) is 59.4 Å². The summed E-state index contributed by atoms with van der Waals surface area (Å²) < 4.78 is 17.1. The highest BCUT2D eigenvalue weighted by atomic mass is 16.5. The summed E-state index contributed by atoms with van der Waals surface area (Å²) >= 11 is 0. The van der Waals surface area contributed by atoms with Gasteiger partial charge in [-0.15, -0.1) is 0 Å². The molecule has 4 rings (SSSR count). The van der Waals surface area contributed by atoms with E-state index in [0.29, 0.717) is 58.8 Å². The number of hydrogen-bond acceptors (Lipinski definition) is 8. The fourth-order valence-corrected chi connectivity index (χ4v) is 5.89. The van der Waals surface area contributed by atoms with Crippen molar-refractivity contribution in [3.8, 4) is 28.4 Å². The predicted molar refractivity (Wildman–Crippen MR) is 175 cm³/mol. The van der Waals surface area contributed by atoms with Gasteiger partial charge < -0.3 is 35.3 Å². The van der Waals surface area contributed by atoms with Crippen LogP contribution in [-0.2, 0) is 20.8 Å². The monoisotopic (exact) mass is 631 g/mol. The van der Waals surface area contributed by atoms with E-state index in [9.17, 15) is 24.3 Å². The highest BCUT2D eigenvalue weighted by Gasteiger charge is 2.31. The van der Waals surface area contributed by atoms with Gasteiger partial charge >= 0.3 is 5.97 Å². The summed E-state index contributed by atoms with van der Waals surface area (Å²) in [4.78, 5) is 51.8. The molecule has 0 radical (unpaired) electrons. The molecule has 0 saturated carbocycles. The summed E-state index contributed by atoms with van der Waals surface area (Å²) in [5.41, 5.74) is 2.98. The Hall–Kier alpha value is -5.06. The number of carboxylic acid groups (broad SMARTS) is 1. The second-order valence-corrected chi connectivity index (χ2v) is 11.6. The topological polar surface area (TPSA) is 152 Å². The predicted octanol–water partition coefficient (Wildman–Crippen LogP) is 4.63. The maximum Gasteiger partial charge on any atom is 0.330 e. The molecular formula is C35H41N3O8. The van der Waals surface area contributed by atoms with Gasteiger partial charge in [-0.1, -0.05) is 50.2 Å². The summed E-state index contributed by atoms with van der Waals surface area (Å²) in [5.74, 6) is -0.671. The molecule has 0 aliphatic heterocycles. The van der Waals surface area contributed by atoms with Gasteiger partial charge in [0, 0.05) is 12.5 Å². The lowest BCUT2D eigenvalue weighted by Crippen LogP contribution is -2.44. The van der Waals surface area contributed by atoms with Crippen molar-refractivity contribution < 1.29 is 33.7 Å². The van der Waals surface area contributed by atoms with Crippen molar-refractivity contribution in [3.05, 3.63) is 81.5 Å². The molecule has 0 fully saturated rings. The van der Waals surface area contributed by atoms with Crippen LogP contribution in [0.5, 0.6) is 17.2 Å². The summed E-state index contributed by atoms with van der Waals surface area (Å²) in [5, 5.41) is 18.6. The number of hydrogen-bond donors (Lipinski definition) is 4. The van der Waals surface area contributed by atoms with Crippen LogP contribution in [-0.4, -0.2) is 50.3 Å². The Morgan fingerprint density at radius 2 is 1.65 bits per heavy atom. The molecule has 11 nitrogen and oxygen atoms in total. The summed E-state index contributed by atoms with van der Waals surface area (Å²) in [7, 11) is 4.58. The van der Waals surface area contributed by atoms with Gasteiger partial charge in [-0.05, 0) is 65.6 Å². The molecule has 0 saturated heterocycles. The van der Waals surface area contributed by atoms with Crippen LogP contribution >= 0.6 is 0 Å². The van der Waals surface area contributed by atoms with Crippen molar-refractivity contribution in [1.29, 1.82) is 0 Å². The molecule has 3 atom stereocenters. The standard InChI is InChI=1S/C35H41N3O8/c1-19(2)16-27(34(41)38-31(35(42)43)21-10-8-7-9-11-21)37-26-15-13-23-24(18-28(26)40)25(36-20(3)39)14-12-22-17-29(44-4)32(45-5)33(46-6)30(22)23/h7-11,13,15,17-19,25,27,31H,12,14,16H2,1-6H3,(H,36,39)(H,37,40)(H,38,41)(H,42,43). The number of fused-ring (bicyclic) bond motifs is 3. The summed E-state index contributed by atoms with van der Waals surface area (Å²) in [6, 6.07) is 12.4. The normalized spacial score (nSPS) is 14.9. The number of benzene rings is 2. The maximum absolute atomic E-state index is 13.8. The third-order valence-corrected chi connectivity index (χ3v) is 7.94. The number of methoxy groups -OCH3 is 3. The van der Waals surface area contributed by atoms with Gasteiger partial charge in [0.2, 0.25) is 23.0 Å². The van der Waals surface area contributed by atoms with Crippen molar-refractivity contribution >= 4 is 23.5 Å². The molecule has 3 aromatic rings. The van der Waals surface area contributed by atoms with Crippen LogP contribution in [0.3, 0.4) is 0 Å². The van der Waals surface area contributed by atoms with Crippen molar-refractivity contribution in [1.82, 2.24) is 10.6 Å². The number of carbonyl (C=O) groups is 3. The number of aryl methyl sites for hydroxylation is 1. The largest absolute Gasteiger partial charge is 0.493 e. The molecule has 1 aliphatic rings. The maximum atomic E-state index is 13.8. The Labute approximate surface area is 268 Å². The van der Waals surface area contributed by atoms with E-state index >= 15 is 0 Å². The van der Waals surface area contributed by atoms with Crippen LogP contribution in [0.25, 0.3) is 11.1 Å². The minimum Gasteiger partial charge on any atom is -0.493 e. The highest BCUT2D eigenvalue weighted by Crippen LogP contribution is 2.50. The van der Waals surface area contributed by atoms with Crippen molar-refractivity contribution in [2.45, 2.75) is 58.2 Å². The fourth-order valence-electron chi connectivity index (χ4n) is 5.89. The zero-order valence-corrected chi connectivity index (χ0v) is 26.9. The zero-order valence-electron chi connectivity index (χ0n) is 26.9. The van der Waals surface area contributed by atoms with Crippen molar-refractivity contribution in [2.75, 3.05) is 26.6 Å². The van der Waals surface area contributed by atoms with E-state index in [1.54, 1.807) is 49.6 Å². The molecule has 3 aromatic carbocycles. The van der Waals surface area contributed by atoms with Gasteiger partial charge in [-0.2, -0.15) is 0 Å². The minimum absolute atomic E-state index is 0.0373. The quantitative estimate of drug-likeness (QED) is 0.224. The third kappa shape index (κ3) is 7.42. The Morgan fingerprint density at radius 1 is 0.957 bits per heavy atom. The molecule has 3 unspecified atom stereocenters. The van der Waals surface area contributed by atoms with E-state index in [-0.39, 0.29) is 17.5 Å². The van der Waals surface area contributed by atoms with Crippen LogP contribution in [0.1, 0.15) is 62.4 Å². The van der Waals surface area contributed by atoms with Crippen LogP contribution in [0.4, 0.5) is 5.69 Å². The number of anilines is 1. The van der Waals surface area contributed by atoms with Crippen LogP contribution < -0.4 is 35.6 Å². The van der Waals surface area contributed by atoms with Crippen LogP contribution in [0, 0.1) is 5.92 Å². The smallest absolute Gasteiger partial charge is 0.330 e. The van der Waals surface area contributed by atoms with E-state index in [4.69, 9.17) is 14.2 Å². The molecule has 2 amide bonds. The first-order chi connectivity index (χ1) is 22.0. The highest BCUT2D eigenvalue weighted by molar-refractivity contribution is 5.90. The van der Waals surface area contributed by atoms with Gasteiger partial charge in [-0.3, -0.25) is 14.4 Å². The van der Waals surface area contributed by atoms with Gasteiger partial charge in [0.25, 0.3) is 0 Å². The molecular weight excluding hydrogens is 590 g/mol. The van der Waals surface area contributed by atoms with Gasteiger partial charge in [0.05, 0.1) is 33.1 Å². The first-order valence-corrected chi connectivity index (χ1v) is 15.1. The molecule has 46 heavy (non-hydrogen) atoms. The molecule has 0 aromatic heterocycles. The van der Waals surface area contributed by atoms with E-state index in [1.165, 1.54) is 27.2 Å². The number of nitrogens with one attached hydrogen (secondary N) is 3. The molecule has 4 N–H and O–H groups in total. The summed E-state index contributed by atoms with van der Waals surface area (Å²) in [6.07, 6.45) is 1.38. The molecule has 0 bridgehead atoms. The number of ether oxygens (including phenoxy) is 3. The molecule has 0 spiro atoms. The number of rotatable bonds is 12. The summed E-state index contributed by atoms with van der Waals surface area (Å²) in [6.45, 7) is 5.29. The lowest BCUT2D eigenvalue weighted by atomic mass is 9.95. The van der Waals surface area contributed by atoms with E-state index in [2.05, 4.69) is 16.0 Å². The number of carboxylic acids is 1. The average Bonchev–Trinajstić information content (AvgIpc) is 3.26. The number of carbonyl (C=O) groups excluding carboxylic acids is 2. The lowest BCUT2D eigenvalue weighted by Gasteiger charge is -2.23. The molecule has 244 valence electrons. The number of aliphatic carboxylic acids is 1. The molecule has 11 heteroatoms. The second-order valence-electron chi connectivity index (χ2n) is 11.6. The zero-order chi connectivity index (χ0) is 33.5. The Kier molecular flexibility index (Phi) is 10.9. The Bertz CT molecular complexity index is 1660. The number of amides is 2. The fraction of sp³-hybridized carbons (Fsp3) is 0.371. The second kappa shape index (κ2) is 14.8. The Morgan fingerprint density at radius 3 is 2.24 bits per heavy atom. The first-order valence-electron chi connectivity index (χ1n) is 15.1. The van der Waals surface area contributed by atoms with E-state index in [1.807, 2.05) is 19.9 Å². The van der Waals surface area contributed by atoms with E-state index < -0.39 is 35.4 Å². The minimum atomic E-state index is -1.27. The van der Waals surface area contributed by atoms with Gasteiger partial charge in [-0.25, -0.2) is 4.79 Å². The van der Waals surface area contributed by atoms with Gasteiger partial charge in [0.1, 0.15) is 6.04 Å². The van der Waals surface area contributed by atoms with Crippen LogP contribution in [0.2, 0.25) is 0 Å². The lowest BCUT2D eigenvalue weighted by molar-refractivity contribution is -0.142. The van der Waals surface area contributed by atoms with Crippen molar-refractivity contribution in [2.24, 2.45) is 5.92 Å². The molecule has 1 aliphatic carbocycles. The van der Waals surface area contributed by atoms with Crippen molar-refractivity contribution in [3.63, 3.8) is 0 Å².